The van der Waals surface area contributed by atoms with Gasteiger partial charge in [-0.05, 0) is 18.2 Å². The lowest BCUT2D eigenvalue weighted by Crippen LogP contribution is -2.20. The van der Waals surface area contributed by atoms with Crippen molar-refractivity contribution in [2.75, 3.05) is 0 Å². The summed E-state index contributed by atoms with van der Waals surface area (Å²) in [7, 11) is 0. The number of benzene rings is 2. The van der Waals surface area contributed by atoms with Crippen molar-refractivity contribution in [2.45, 2.75) is 12.1 Å². The topological polar surface area (TPSA) is 17.1 Å². The van der Waals surface area contributed by atoms with Crippen molar-refractivity contribution >= 4 is 5.78 Å². The van der Waals surface area contributed by atoms with E-state index in [0.717, 1.165) is 5.56 Å². The predicted molar refractivity (Wildman–Crippen MR) is 89.8 cm³/mol. The van der Waals surface area contributed by atoms with Gasteiger partial charge in [-0.1, -0.05) is 72.5 Å². The highest BCUT2D eigenvalue weighted by molar-refractivity contribution is 6.10. The summed E-state index contributed by atoms with van der Waals surface area (Å²) in [5.74, 6) is 5.40. The van der Waals surface area contributed by atoms with Crippen molar-refractivity contribution in [1.82, 2.24) is 0 Å². The Balaban J connectivity index is 1.75. The van der Waals surface area contributed by atoms with Gasteiger partial charge in [0.05, 0.1) is 0 Å². The minimum atomic E-state index is -1.73. The minimum absolute atomic E-state index is 0.0806. The van der Waals surface area contributed by atoms with Gasteiger partial charge < -0.3 is 0 Å². The molecule has 1 unspecified atom stereocenters. The zero-order chi connectivity index (χ0) is 16.1. The van der Waals surface area contributed by atoms with Gasteiger partial charge in [0.1, 0.15) is 0 Å². The molecule has 1 aliphatic carbocycles. The van der Waals surface area contributed by atoms with E-state index in [-0.39, 0.29) is 12.2 Å². The fourth-order valence-electron chi connectivity index (χ4n) is 2.33. The van der Waals surface area contributed by atoms with E-state index in [2.05, 4.69) is 11.8 Å². The van der Waals surface area contributed by atoms with E-state index in [1.54, 1.807) is 18.2 Å². The van der Waals surface area contributed by atoms with Crippen molar-refractivity contribution < 1.29 is 9.18 Å². The Morgan fingerprint density at radius 2 is 1.65 bits per heavy atom. The van der Waals surface area contributed by atoms with Crippen LogP contribution in [0, 0.1) is 11.8 Å². The number of hydrogen-bond donors (Lipinski definition) is 0. The fraction of sp³-hybridized carbons (Fsp3) is 0.0952. The summed E-state index contributed by atoms with van der Waals surface area (Å²) in [5.41, 5.74) is 0.153. The van der Waals surface area contributed by atoms with Crippen LogP contribution in [0.5, 0.6) is 0 Å². The molecule has 0 aliphatic heterocycles. The van der Waals surface area contributed by atoms with E-state index in [9.17, 15) is 9.18 Å². The lowest BCUT2D eigenvalue weighted by molar-refractivity contribution is 0.103. The number of alkyl halides is 1. The second kappa shape index (κ2) is 6.46. The van der Waals surface area contributed by atoms with E-state index in [0.29, 0.717) is 11.1 Å². The van der Waals surface area contributed by atoms with Gasteiger partial charge in [0.2, 0.25) is 0 Å². The van der Waals surface area contributed by atoms with Crippen LogP contribution in [0.4, 0.5) is 4.39 Å². The molecule has 0 heterocycles. The molecule has 0 spiro atoms. The largest absolute Gasteiger partial charge is 0.289 e. The SMILES string of the molecule is O=C(C1=CCC(F)(C#Cc2ccccc2)C=C1)c1ccccc1. The van der Waals surface area contributed by atoms with Crippen molar-refractivity contribution in [2.24, 2.45) is 0 Å². The van der Waals surface area contributed by atoms with Crippen molar-refractivity contribution in [3.8, 4) is 11.8 Å². The normalized spacial score (nSPS) is 19.4. The van der Waals surface area contributed by atoms with Gasteiger partial charge in [0.15, 0.2) is 11.5 Å². The second-order valence-corrected chi connectivity index (χ2v) is 5.37. The summed E-state index contributed by atoms with van der Waals surface area (Å²) in [6, 6.07) is 18.3. The number of ketones is 1. The number of hydrogen-bond acceptors (Lipinski definition) is 1. The maximum absolute atomic E-state index is 14.7. The van der Waals surface area contributed by atoms with Crippen molar-refractivity contribution in [3.05, 3.63) is 95.6 Å². The zero-order valence-corrected chi connectivity index (χ0v) is 12.5. The van der Waals surface area contributed by atoms with Gasteiger partial charge in [0, 0.05) is 23.1 Å². The predicted octanol–water partition coefficient (Wildman–Crippen LogP) is 4.52. The first kappa shape index (κ1) is 15.0. The molecule has 2 aromatic rings. The molecule has 1 aliphatic rings. The van der Waals surface area contributed by atoms with Crippen LogP contribution in [0.3, 0.4) is 0 Å². The summed E-state index contributed by atoms with van der Waals surface area (Å²) in [5, 5.41) is 0. The second-order valence-electron chi connectivity index (χ2n) is 5.37. The Labute approximate surface area is 135 Å². The number of carbonyl (C=O) groups excluding carboxylic acids is 1. The smallest absolute Gasteiger partial charge is 0.193 e. The van der Waals surface area contributed by atoms with Crippen molar-refractivity contribution in [1.29, 1.82) is 0 Å². The first-order valence-corrected chi connectivity index (χ1v) is 7.43. The molecule has 0 radical (unpaired) electrons. The van der Waals surface area contributed by atoms with E-state index in [1.165, 1.54) is 12.2 Å². The molecule has 0 saturated heterocycles. The van der Waals surface area contributed by atoms with Crippen LogP contribution in [0.1, 0.15) is 22.3 Å². The van der Waals surface area contributed by atoms with Gasteiger partial charge in [-0.15, -0.1) is 0 Å². The van der Waals surface area contributed by atoms with Gasteiger partial charge in [0.25, 0.3) is 0 Å². The average molecular weight is 302 g/mol. The molecule has 0 aromatic heterocycles. The molecule has 0 saturated carbocycles. The van der Waals surface area contributed by atoms with E-state index in [1.807, 2.05) is 48.5 Å². The molecule has 0 N–H and O–H groups in total. The average Bonchev–Trinajstić information content (AvgIpc) is 2.62. The number of Topliss-reactive ketones (excluding diaryl/α,β-unsaturated/α-hetero) is 1. The van der Waals surface area contributed by atoms with Crippen LogP contribution >= 0.6 is 0 Å². The molecular formula is C21H15FO. The number of allylic oxidation sites excluding steroid dienone is 4. The van der Waals surface area contributed by atoms with E-state index >= 15 is 0 Å². The maximum Gasteiger partial charge on any atom is 0.193 e. The third kappa shape index (κ3) is 3.64. The summed E-state index contributed by atoms with van der Waals surface area (Å²) in [6.45, 7) is 0. The maximum atomic E-state index is 14.7. The molecule has 1 atom stereocenters. The van der Waals surface area contributed by atoms with Gasteiger partial charge >= 0.3 is 0 Å². The van der Waals surface area contributed by atoms with Crippen LogP contribution in [0.25, 0.3) is 0 Å². The van der Waals surface area contributed by atoms with Crippen molar-refractivity contribution in [3.63, 3.8) is 0 Å². The highest BCUT2D eigenvalue weighted by Gasteiger charge is 2.26. The molecule has 0 bridgehead atoms. The van der Waals surface area contributed by atoms with Crippen LogP contribution < -0.4 is 0 Å². The highest BCUT2D eigenvalue weighted by atomic mass is 19.1. The van der Waals surface area contributed by atoms with Crippen LogP contribution in [-0.2, 0) is 0 Å². The third-order valence-corrected chi connectivity index (χ3v) is 3.63. The Bertz CT molecular complexity index is 822. The first-order valence-electron chi connectivity index (χ1n) is 7.43. The molecular weight excluding hydrogens is 287 g/mol. The van der Waals surface area contributed by atoms with Crippen LogP contribution in [-0.4, -0.2) is 11.5 Å². The lowest BCUT2D eigenvalue weighted by Gasteiger charge is -2.17. The monoisotopic (exact) mass is 302 g/mol. The van der Waals surface area contributed by atoms with Crippen LogP contribution in [0.15, 0.2) is 84.5 Å². The van der Waals surface area contributed by atoms with E-state index in [4.69, 9.17) is 0 Å². The third-order valence-electron chi connectivity index (χ3n) is 3.63. The molecule has 3 rings (SSSR count). The van der Waals surface area contributed by atoms with Gasteiger partial charge in [-0.2, -0.15) is 0 Å². The number of carbonyl (C=O) groups is 1. The zero-order valence-electron chi connectivity index (χ0n) is 12.5. The van der Waals surface area contributed by atoms with Crippen LogP contribution in [0.2, 0.25) is 0 Å². The molecule has 2 heteroatoms. The Morgan fingerprint density at radius 1 is 1.00 bits per heavy atom. The molecule has 0 amide bonds. The van der Waals surface area contributed by atoms with Gasteiger partial charge in [-0.3, -0.25) is 4.79 Å². The molecule has 112 valence electrons. The summed E-state index contributed by atoms with van der Waals surface area (Å²) < 4.78 is 14.7. The quantitative estimate of drug-likeness (QED) is 0.589. The molecule has 2 aromatic carbocycles. The summed E-state index contributed by atoms with van der Waals surface area (Å²) in [6.07, 6.45) is 4.60. The molecule has 1 nitrogen and oxygen atoms in total. The number of halogens is 1. The fourth-order valence-corrected chi connectivity index (χ4v) is 2.33. The standard InChI is InChI=1S/C21H15FO/c22-21(14-11-17-7-3-1-4-8-17)15-12-19(13-16-21)20(23)18-9-5-2-6-10-18/h1-10,12-13,15H,16H2. The summed E-state index contributed by atoms with van der Waals surface area (Å²) >= 11 is 0. The minimum Gasteiger partial charge on any atom is -0.289 e. The number of rotatable bonds is 2. The lowest BCUT2D eigenvalue weighted by atomic mass is 9.90. The Hall–Kier alpha value is -2.92. The Morgan fingerprint density at radius 3 is 2.26 bits per heavy atom. The first-order chi connectivity index (χ1) is 11.2. The van der Waals surface area contributed by atoms with E-state index < -0.39 is 5.67 Å². The molecule has 0 fully saturated rings. The Kier molecular flexibility index (Phi) is 4.21. The summed E-state index contributed by atoms with van der Waals surface area (Å²) in [4.78, 5) is 12.3. The molecule has 23 heavy (non-hydrogen) atoms. The van der Waals surface area contributed by atoms with Gasteiger partial charge in [-0.25, -0.2) is 4.39 Å². The highest BCUT2D eigenvalue weighted by Crippen LogP contribution is 2.26.